The van der Waals surface area contributed by atoms with Crippen molar-refractivity contribution in [3.05, 3.63) is 81.8 Å². The second-order valence-corrected chi connectivity index (χ2v) is 16.0. The van der Waals surface area contributed by atoms with Crippen LogP contribution in [-0.4, -0.2) is 119 Å². The number of aromatic nitrogens is 1. The van der Waals surface area contributed by atoms with E-state index >= 15 is 0 Å². The molecule has 1 fully saturated rings. The number of hydrazine groups is 1. The van der Waals surface area contributed by atoms with Crippen molar-refractivity contribution in [3.8, 4) is 5.75 Å². The molecular weight excluding hydrogens is 753 g/mol. The molecule has 17 heteroatoms. The van der Waals surface area contributed by atoms with Crippen LogP contribution in [-0.2, 0) is 38.6 Å². The SMILES string of the molecule is CCNC(=O)CC(C(=O)NC(Cc1ccccc1)C(O)CN(Cc1ccc(OC)cc1)NC(=O)C(NC(=O)OC)C(C)(C)C)N1CCN(Cc2csc(C)n2)C1=O. The van der Waals surface area contributed by atoms with E-state index in [0.717, 1.165) is 21.8 Å². The van der Waals surface area contributed by atoms with Gasteiger partial charge in [0.25, 0.3) is 5.91 Å². The first-order valence-electron chi connectivity index (χ1n) is 18.9. The van der Waals surface area contributed by atoms with Gasteiger partial charge in [0.1, 0.15) is 17.8 Å². The van der Waals surface area contributed by atoms with Crippen molar-refractivity contribution < 1.29 is 38.6 Å². The minimum atomic E-state index is -1.29. The number of carbonyl (C=O) groups is 5. The lowest BCUT2D eigenvalue weighted by molar-refractivity contribution is -0.133. The lowest BCUT2D eigenvalue weighted by atomic mass is 9.86. The summed E-state index contributed by atoms with van der Waals surface area (Å²) in [5.74, 6) is -0.928. The highest BCUT2D eigenvalue weighted by atomic mass is 32.1. The van der Waals surface area contributed by atoms with Gasteiger partial charge in [0.05, 0.1) is 50.0 Å². The zero-order chi connectivity index (χ0) is 41.7. The summed E-state index contributed by atoms with van der Waals surface area (Å²) in [6.45, 7) is 10.2. The molecule has 0 spiro atoms. The maximum atomic E-state index is 14.4. The van der Waals surface area contributed by atoms with E-state index in [1.165, 1.54) is 28.4 Å². The summed E-state index contributed by atoms with van der Waals surface area (Å²) in [5, 5.41) is 24.6. The third-order valence-corrected chi connectivity index (χ3v) is 10.3. The number of rotatable bonds is 19. The molecule has 5 N–H and O–H groups in total. The second-order valence-electron chi connectivity index (χ2n) is 14.9. The molecule has 16 nitrogen and oxygen atoms in total. The average Bonchev–Trinajstić information content (AvgIpc) is 3.75. The minimum Gasteiger partial charge on any atom is -0.497 e. The van der Waals surface area contributed by atoms with E-state index in [4.69, 9.17) is 9.47 Å². The smallest absolute Gasteiger partial charge is 0.407 e. The van der Waals surface area contributed by atoms with Gasteiger partial charge in [-0.15, -0.1) is 11.3 Å². The van der Waals surface area contributed by atoms with Gasteiger partial charge in [-0.25, -0.2) is 19.6 Å². The highest BCUT2D eigenvalue weighted by Crippen LogP contribution is 2.22. The van der Waals surface area contributed by atoms with E-state index in [9.17, 15) is 29.1 Å². The number of nitrogens with one attached hydrogen (secondary N) is 4. The van der Waals surface area contributed by atoms with Crippen LogP contribution in [0.2, 0.25) is 0 Å². The van der Waals surface area contributed by atoms with Gasteiger partial charge in [-0.2, -0.15) is 0 Å². The molecule has 1 aromatic heterocycles. The van der Waals surface area contributed by atoms with Crippen LogP contribution in [0.3, 0.4) is 0 Å². The summed E-state index contributed by atoms with van der Waals surface area (Å²) in [5.41, 5.74) is 4.47. The Morgan fingerprint density at radius 3 is 2.28 bits per heavy atom. The van der Waals surface area contributed by atoms with Crippen LogP contribution in [0.1, 0.15) is 55.9 Å². The number of ether oxygens (including phenoxy) is 2. The van der Waals surface area contributed by atoms with Crippen molar-refractivity contribution in [1.82, 2.24) is 41.2 Å². The number of hydrogen-bond acceptors (Lipinski definition) is 11. The average molecular weight is 809 g/mol. The summed E-state index contributed by atoms with van der Waals surface area (Å²) < 4.78 is 10.1. The van der Waals surface area contributed by atoms with Gasteiger partial charge in [-0.1, -0.05) is 63.2 Å². The molecule has 310 valence electrons. The third-order valence-electron chi connectivity index (χ3n) is 9.45. The van der Waals surface area contributed by atoms with E-state index in [2.05, 4.69) is 26.4 Å². The van der Waals surface area contributed by atoms with Crippen molar-refractivity contribution in [2.75, 3.05) is 40.4 Å². The van der Waals surface area contributed by atoms with Gasteiger partial charge in [0.15, 0.2) is 0 Å². The molecule has 0 aliphatic carbocycles. The number of aryl methyl sites for hydroxylation is 1. The predicted octanol–water partition coefficient (Wildman–Crippen LogP) is 2.99. The second kappa shape index (κ2) is 20.8. The molecule has 4 rings (SSSR count). The lowest BCUT2D eigenvalue weighted by Crippen LogP contribution is -2.60. The predicted molar refractivity (Wildman–Crippen MR) is 215 cm³/mol. The first-order chi connectivity index (χ1) is 27.1. The summed E-state index contributed by atoms with van der Waals surface area (Å²) in [7, 11) is 2.76. The zero-order valence-corrected chi connectivity index (χ0v) is 34.6. The normalized spacial score (nSPS) is 15.1. The van der Waals surface area contributed by atoms with Crippen LogP contribution in [0.4, 0.5) is 9.59 Å². The monoisotopic (exact) mass is 808 g/mol. The van der Waals surface area contributed by atoms with Crippen LogP contribution in [0.25, 0.3) is 0 Å². The highest BCUT2D eigenvalue weighted by molar-refractivity contribution is 7.09. The van der Waals surface area contributed by atoms with Gasteiger partial charge in [-0.3, -0.25) is 19.8 Å². The number of alkyl carbamates (subject to hydrolysis) is 1. The molecule has 1 aliphatic rings. The molecule has 2 aromatic carbocycles. The molecule has 3 aromatic rings. The molecule has 6 amide bonds. The number of nitrogens with zero attached hydrogens (tertiary/aromatic N) is 4. The molecule has 4 unspecified atom stereocenters. The Kier molecular flexibility index (Phi) is 16.2. The van der Waals surface area contributed by atoms with E-state index in [1.54, 1.807) is 51.8 Å². The fourth-order valence-electron chi connectivity index (χ4n) is 6.46. The van der Waals surface area contributed by atoms with E-state index < -0.39 is 59.5 Å². The summed E-state index contributed by atoms with van der Waals surface area (Å²) in [4.78, 5) is 74.7. The van der Waals surface area contributed by atoms with Crippen molar-refractivity contribution in [2.45, 2.75) is 84.8 Å². The van der Waals surface area contributed by atoms with Gasteiger partial charge in [-0.05, 0) is 48.9 Å². The molecule has 4 atom stereocenters. The van der Waals surface area contributed by atoms with Crippen LogP contribution in [0, 0.1) is 12.3 Å². The fourth-order valence-corrected chi connectivity index (χ4v) is 7.06. The zero-order valence-electron chi connectivity index (χ0n) is 33.7. The van der Waals surface area contributed by atoms with Crippen molar-refractivity contribution in [1.29, 1.82) is 0 Å². The van der Waals surface area contributed by atoms with Crippen molar-refractivity contribution >= 4 is 41.2 Å². The molecule has 2 heterocycles. The number of methoxy groups -OCH3 is 2. The van der Waals surface area contributed by atoms with E-state index in [1.807, 2.05) is 54.8 Å². The lowest BCUT2D eigenvalue weighted by Gasteiger charge is -2.35. The topological polar surface area (TPSA) is 195 Å². The number of carbonyl (C=O) groups excluding carboxylic acids is 5. The van der Waals surface area contributed by atoms with Crippen molar-refractivity contribution in [3.63, 3.8) is 0 Å². The number of hydrogen-bond donors (Lipinski definition) is 5. The standard InChI is InChI=1S/C40H56N8O8S/c1-8-41-34(50)21-32(48-19-18-46(39(48)54)23-29-25-57-26(2)42-29)36(51)43-31(20-27-12-10-9-11-13-27)33(49)24-47(22-28-14-16-30(55-6)17-15-28)45-37(52)35(40(3,4)5)44-38(53)56-7/h9-17,25,31-33,35,49H,8,18-24H2,1-7H3,(H,41,50)(H,43,51)(H,44,53)(H,45,52). The number of thiazole rings is 1. The number of amides is 6. The maximum Gasteiger partial charge on any atom is 0.407 e. The Labute approximate surface area is 338 Å². The van der Waals surface area contributed by atoms with Crippen LogP contribution >= 0.6 is 11.3 Å². The van der Waals surface area contributed by atoms with Gasteiger partial charge in [0, 0.05) is 38.1 Å². The summed E-state index contributed by atoms with van der Waals surface area (Å²) >= 11 is 1.48. The third kappa shape index (κ3) is 13.2. The summed E-state index contributed by atoms with van der Waals surface area (Å²) in [6, 6.07) is 12.9. The Bertz CT molecular complexity index is 1800. The molecule has 0 saturated carbocycles. The van der Waals surface area contributed by atoms with Gasteiger partial charge < -0.3 is 40.3 Å². The molecule has 0 radical (unpaired) electrons. The quantitative estimate of drug-likeness (QED) is 0.113. The van der Waals surface area contributed by atoms with Gasteiger partial charge >= 0.3 is 12.1 Å². The molecule has 0 bridgehead atoms. The van der Waals surface area contributed by atoms with Crippen LogP contribution in [0.5, 0.6) is 5.75 Å². The number of benzene rings is 2. The molecule has 57 heavy (non-hydrogen) atoms. The summed E-state index contributed by atoms with van der Waals surface area (Å²) in [6.07, 6.45) is -2.18. The van der Waals surface area contributed by atoms with Gasteiger partial charge in [0.2, 0.25) is 11.8 Å². The Hall–Kier alpha value is -5.26. The Morgan fingerprint density at radius 2 is 1.68 bits per heavy atom. The maximum absolute atomic E-state index is 14.4. The van der Waals surface area contributed by atoms with E-state index in [0.29, 0.717) is 18.8 Å². The largest absolute Gasteiger partial charge is 0.497 e. The first-order valence-corrected chi connectivity index (χ1v) is 19.8. The number of urea groups is 1. The molecule has 1 saturated heterocycles. The Balaban J connectivity index is 1.63. The molecular formula is C40H56N8O8S. The van der Waals surface area contributed by atoms with Crippen LogP contribution in [0.15, 0.2) is 60.0 Å². The minimum absolute atomic E-state index is 0.129. The van der Waals surface area contributed by atoms with Crippen molar-refractivity contribution in [2.24, 2.45) is 5.41 Å². The van der Waals surface area contributed by atoms with E-state index in [-0.39, 0.29) is 39.0 Å². The Morgan fingerprint density at radius 1 is 0.982 bits per heavy atom. The fraction of sp³-hybridized carbons (Fsp3) is 0.500. The van der Waals surface area contributed by atoms with Crippen LogP contribution < -0.4 is 26.1 Å². The first kappa shape index (κ1) is 44.5. The number of aliphatic hydroxyl groups is 1. The highest BCUT2D eigenvalue weighted by Gasteiger charge is 2.40. The molecule has 1 aliphatic heterocycles. The number of aliphatic hydroxyl groups excluding tert-OH is 1.